The standard InChI is InChI=1S/C40H58N4O14S.Na/c1-28(2)37(44-40(50)58-27-33-31-11-5-3-9-29(31)30-10-4-6-12-32(30)33)38(47)43-34(39(48)49)13-7-8-16-41-35(45)14-18-54-20-22-56-24-25-57-23-21-55-19-15-36(46)42-17-26-59(51,52)53;/h3-6,9-12,28,33-34,37H,7-8,13-27H2,1-2H3,(H,41,45)(H,42,46)(H,43,47)(H,44,50)(H,48,49)(H,51,52,53);/q;+1/p-1/t34-,37-;/m0./s1. The quantitative estimate of drug-likeness (QED) is 0.0356. The van der Waals surface area contributed by atoms with Crippen molar-refractivity contribution in [3.8, 4) is 11.1 Å². The second-order valence-electron chi connectivity index (χ2n) is 14.0. The Morgan fingerprint density at radius 3 is 1.68 bits per heavy atom. The Hall–Kier alpha value is -3.66. The van der Waals surface area contributed by atoms with E-state index in [9.17, 15) is 42.0 Å². The molecule has 0 saturated carbocycles. The Labute approximate surface area is 373 Å². The van der Waals surface area contributed by atoms with Gasteiger partial charge in [0.2, 0.25) is 17.7 Å². The molecule has 60 heavy (non-hydrogen) atoms. The van der Waals surface area contributed by atoms with Gasteiger partial charge in [-0.1, -0.05) is 62.4 Å². The van der Waals surface area contributed by atoms with Crippen molar-refractivity contribution in [2.24, 2.45) is 5.92 Å². The van der Waals surface area contributed by atoms with Crippen molar-refractivity contribution < 1.29 is 95.3 Å². The van der Waals surface area contributed by atoms with Crippen LogP contribution in [0.25, 0.3) is 11.1 Å². The van der Waals surface area contributed by atoms with Gasteiger partial charge in [0.15, 0.2) is 0 Å². The molecular weight excluding hydrogens is 816 g/mol. The first-order valence-corrected chi connectivity index (χ1v) is 21.3. The number of amides is 4. The van der Waals surface area contributed by atoms with E-state index in [4.69, 9.17) is 23.7 Å². The average molecular weight is 873 g/mol. The first-order valence-electron chi connectivity index (χ1n) is 19.7. The number of unbranched alkanes of at least 4 members (excludes halogenated alkanes) is 1. The molecule has 0 bridgehead atoms. The van der Waals surface area contributed by atoms with E-state index in [1.807, 2.05) is 48.5 Å². The molecule has 2 aromatic carbocycles. The molecule has 5 N–H and O–H groups in total. The molecular formula is C40H57N4NaO14S. The maximum atomic E-state index is 13.2. The van der Waals surface area contributed by atoms with Gasteiger partial charge in [0.1, 0.15) is 18.7 Å². The third-order valence-electron chi connectivity index (χ3n) is 9.16. The van der Waals surface area contributed by atoms with Crippen LogP contribution in [0, 0.1) is 5.92 Å². The fraction of sp³-hybridized carbons (Fsp3) is 0.575. The van der Waals surface area contributed by atoms with Crippen molar-refractivity contribution >= 4 is 39.9 Å². The Morgan fingerprint density at radius 2 is 1.20 bits per heavy atom. The molecule has 0 aromatic heterocycles. The SMILES string of the molecule is CC(C)[C@H](NC(=O)OCC1c2ccccc2-c2ccccc21)C(=O)N[C@@H](CCCCNC(=O)CCOCCOCCOCCOCCC(=O)NCCS(=O)(=O)[O-])C(=O)O.[Na+]. The van der Waals surface area contributed by atoms with E-state index in [0.717, 1.165) is 22.3 Å². The second kappa shape index (κ2) is 28.8. The fourth-order valence-electron chi connectivity index (χ4n) is 6.11. The minimum Gasteiger partial charge on any atom is -0.748 e. The number of ether oxygens (including phenoxy) is 5. The smallest absolute Gasteiger partial charge is 0.748 e. The number of carbonyl (C=O) groups is 5. The molecule has 0 aliphatic heterocycles. The van der Waals surface area contributed by atoms with E-state index < -0.39 is 51.8 Å². The molecule has 1 aliphatic carbocycles. The van der Waals surface area contributed by atoms with Crippen LogP contribution in [0.4, 0.5) is 4.79 Å². The van der Waals surface area contributed by atoms with Crippen LogP contribution in [0.1, 0.15) is 63.0 Å². The fourth-order valence-corrected chi connectivity index (χ4v) is 6.46. The van der Waals surface area contributed by atoms with Crippen LogP contribution in [-0.4, -0.2) is 138 Å². The molecule has 0 heterocycles. The number of fused-ring (bicyclic) bond motifs is 3. The maximum absolute atomic E-state index is 13.2. The van der Waals surface area contributed by atoms with Crippen molar-refractivity contribution in [3.63, 3.8) is 0 Å². The molecule has 0 unspecified atom stereocenters. The number of hydrogen-bond acceptors (Lipinski definition) is 13. The van der Waals surface area contributed by atoms with Gasteiger partial charge in [0.25, 0.3) is 0 Å². The molecule has 1 aliphatic rings. The Bertz CT molecular complexity index is 1720. The molecule has 328 valence electrons. The largest absolute Gasteiger partial charge is 1.00 e. The monoisotopic (exact) mass is 872 g/mol. The summed E-state index contributed by atoms with van der Waals surface area (Å²) in [6.45, 7) is 5.68. The molecule has 20 heteroatoms. The van der Waals surface area contributed by atoms with Gasteiger partial charge in [-0.25, -0.2) is 18.0 Å². The van der Waals surface area contributed by atoms with Crippen LogP contribution in [-0.2, 0) is 53.0 Å². The number of carboxylic acids is 1. The van der Waals surface area contributed by atoms with Gasteiger partial charge in [0, 0.05) is 31.8 Å². The molecule has 18 nitrogen and oxygen atoms in total. The average Bonchev–Trinajstić information content (AvgIpc) is 3.51. The van der Waals surface area contributed by atoms with Crippen LogP contribution in [0.15, 0.2) is 48.5 Å². The van der Waals surface area contributed by atoms with Gasteiger partial charge in [-0.15, -0.1) is 0 Å². The number of alkyl carbamates (subject to hydrolysis) is 1. The third kappa shape index (κ3) is 20.3. The summed E-state index contributed by atoms with van der Waals surface area (Å²) in [6.07, 6.45) is 0.403. The summed E-state index contributed by atoms with van der Waals surface area (Å²) in [4.78, 5) is 61.7. The summed E-state index contributed by atoms with van der Waals surface area (Å²) in [5, 5.41) is 20.0. The molecule has 3 rings (SSSR count). The summed E-state index contributed by atoms with van der Waals surface area (Å²) in [6, 6.07) is 13.7. The van der Waals surface area contributed by atoms with Crippen molar-refractivity contribution in [2.75, 3.05) is 78.3 Å². The van der Waals surface area contributed by atoms with E-state index in [-0.39, 0.29) is 113 Å². The number of benzene rings is 2. The van der Waals surface area contributed by atoms with Crippen molar-refractivity contribution in [1.82, 2.24) is 21.3 Å². The van der Waals surface area contributed by atoms with E-state index in [0.29, 0.717) is 39.2 Å². The van der Waals surface area contributed by atoms with Crippen LogP contribution >= 0.6 is 0 Å². The summed E-state index contributed by atoms with van der Waals surface area (Å²) in [5.41, 5.74) is 4.29. The summed E-state index contributed by atoms with van der Waals surface area (Å²) >= 11 is 0. The summed E-state index contributed by atoms with van der Waals surface area (Å²) in [7, 11) is -4.37. The van der Waals surface area contributed by atoms with E-state index in [2.05, 4.69) is 21.3 Å². The predicted molar refractivity (Wildman–Crippen MR) is 213 cm³/mol. The number of rotatable bonds is 30. The van der Waals surface area contributed by atoms with E-state index in [1.54, 1.807) is 13.8 Å². The molecule has 0 saturated heterocycles. The third-order valence-corrected chi connectivity index (χ3v) is 9.86. The number of nitrogens with one attached hydrogen (secondary N) is 4. The zero-order valence-corrected chi connectivity index (χ0v) is 37.4. The summed E-state index contributed by atoms with van der Waals surface area (Å²) in [5.74, 6) is -3.65. The number of carboxylic acid groups (broad SMARTS) is 1. The Balaban J connectivity index is 0.0000124. The molecule has 0 spiro atoms. The first kappa shape index (κ1) is 52.5. The van der Waals surface area contributed by atoms with Crippen LogP contribution in [0.2, 0.25) is 0 Å². The molecule has 2 aromatic rings. The van der Waals surface area contributed by atoms with E-state index in [1.165, 1.54) is 0 Å². The number of hydrogen-bond donors (Lipinski definition) is 5. The predicted octanol–water partition coefficient (Wildman–Crippen LogP) is -1.08. The molecule has 4 amide bonds. The second-order valence-corrected chi connectivity index (χ2v) is 15.5. The van der Waals surface area contributed by atoms with Gasteiger partial charge >= 0.3 is 41.6 Å². The molecule has 0 fully saturated rings. The van der Waals surface area contributed by atoms with Gasteiger partial charge in [-0.3, -0.25) is 14.4 Å². The number of aliphatic carboxylic acids is 1. The maximum Gasteiger partial charge on any atom is 1.00 e. The minimum absolute atomic E-state index is 0. The van der Waals surface area contributed by atoms with Crippen LogP contribution < -0.4 is 50.8 Å². The van der Waals surface area contributed by atoms with Crippen LogP contribution in [0.3, 0.4) is 0 Å². The minimum atomic E-state index is -4.37. The Kier molecular flexibility index (Phi) is 25.2. The van der Waals surface area contributed by atoms with Crippen molar-refractivity contribution in [1.29, 1.82) is 0 Å². The molecule has 0 radical (unpaired) electrons. The first-order chi connectivity index (χ1) is 28.3. The van der Waals surface area contributed by atoms with Gasteiger partial charge in [0.05, 0.1) is 68.7 Å². The molecule has 2 atom stereocenters. The van der Waals surface area contributed by atoms with Gasteiger partial charge in [-0.05, 0) is 47.4 Å². The van der Waals surface area contributed by atoms with Crippen LogP contribution in [0.5, 0.6) is 0 Å². The Morgan fingerprint density at radius 1 is 0.717 bits per heavy atom. The van der Waals surface area contributed by atoms with E-state index >= 15 is 0 Å². The van der Waals surface area contributed by atoms with Gasteiger partial charge < -0.3 is 54.6 Å². The normalized spacial score (nSPS) is 13.0. The van der Waals surface area contributed by atoms with Gasteiger partial charge in [-0.2, -0.15) is 0 Å². The van der Waals surface area contributed by atoms with Crippen molar-refractivity contribution in [2.45, 2.75) is 64.0 Å². The zero-order chi connectivity index (χ0) is 43.0. The topological polar surface area (TPSA) is 257 Å². The summed E-state index contributed by atoms with van der Waals surface area (Å²) < 4.78 is 58.5. The van der Waals surface area contributed by atoms with Crippen molar-refractivity contribution in [3.05, 3.63) is 59.7 Å². The zero-order valence-electron chi connectivity index (χ0n) is 34.6. The number of carbonyl (C=O) groups excluding carboxylic acids is 4.